The molecule has 20 heavy (non-hydrogen) atoms. The van der Waals surface area contributed by atoms with Crippen LogP contribution in [0.4, 0.5) is 17.6 Å². The first kappa shape index (κ1) is 14.8. The molecule has 0 aliphatic rings. The summed E-state index contributed by atoms with van der Waals surface area (Å²) in [4.78, 5) is 3.20. The molecule has 7 heteroatoms. The molecule has 1 heterocycles. The van der Waals surface area contributed by atoms with E-state index in [4.69, 9.17) is 4.74 Å². The van der Waals surface area contributed by atoms with Gasteiger partial charge in [-0.25, -0.2) is 4.39 Å². The van der Waals surface area contributed by atoms with Crippen molar-refractivity contribution in [2.45, 2.75) is 13.1 Å². The van der Waals surface area contributed by atoms with Crippen molar-refractivity contribution in [2.24, 2.45) is 0 Å². The topological polar surface area (TPSA) is 22.1 Å². The number of ether oxygens (including phenoxy) is 1. The Bertz CT molecular complexity index is 620. The van der Waals surface area contributed by atoms with Gasteiger partial charge in [0.05, 0.1) is 4.47 Å². The van der Waals surface area contributed by atoms with Gasteiger partial charge in [-0.1, -0.05) is 0 Å². The van der Waals surface area contributed by atoms with Crippen molar-refractivity contribution < 1.29 is 22.3 Å². The highest BCUT2D eigenvalue weighted by Gasteiger charge is 2.32. The molecule has 0 fully saturated rings. The number of pyridine rings is 1. The molecular formula is C13H8BrF4NO. The molecule has 0 spiro atoms. The van der Waals surface area contributed by atoms with Crippen molar-refractivity contribution in [3.8, 4) is 11.5 Å². The maximum atomic E-state index is 13.7. The fourth-order valence-corrected chi connectivity index (χ4v) is 2.16. The number of alkyl halides is 3. The molecule has 0 aliphatic carbocycles. The van der Waals surface area contributed by atoms with Gasteiger partial charge >= 0.3 is 6.18 Å². The number of rotatable bonds is 2. The van der Waals surface area contributed by atoms with Gasteiger partial charge in [-0.3, -0.25) is 4.98 Å². The minimum Gasteiger partial charge on any atom is -0.453 e. The minimum atomic E-state index is -4.58. The van der Waals surface area contributed by atoms with Crippen LogP contribution in [0.25, 0.3) is 0 Å². The van der Waals surface area contributed by atoms with Gasteiger partial charge in [-0.05, 0) is 46.6 Å². The van der Waals surface area contributed by atoms with Gasteiger partial charge in [0.1, 0.15) is 11.4 Å². The molecule has 0 radical (unpaired) electrons. The molecule has 106 valence electrons. The second-order valence-corrected chi connectivity index (χ2v) is 4.89. The number of hydrogen-bond donors (Lipinski definition) is 0. The summed E-state index contributed by atoms with van der Waals surface area (Å²) in [6.45, 7) is 1.69. The maximum Gasteiger partial charge on any atom is 0.433 e. The predicted octanol–water partition coefficient (Wildman–Crippen LogP) is 5.10. The van der Waals surface area contributed by atoms with Crippen molar-refractivity contribution in [1.82, 2.24) is 4.98 Å². The largest absolute Gasteiger partial charge is 0.453 e. The third kappa shape index (κ3) is 3.27. The second kappa shape index (κ2) is 5.40. The summed E-state index contributed by atoms with van der Waals surface area (Å²) in [6.07, 6.45) is -3.62. The third-order valence-electron chi connectivity index (χ3n) is 2.38. The highest BCUT2D eigenvalue weighted by molar-refractivity contribution is 9.10. The van der Waals surface area contributed by atoms with E-state index in [1.54, 1.807) is 13.0 Å². The molecule has 0 unspecified atom stereocenters. The van der Waals surface area contributed by atoms with Crippen LogP contribution < -0.4 is 4.74 Å². The normalized spacial score (nSPS) is 11.5. The number of nitrogens with zero attached hydrogens (tertiary/aromatic N) is 1. The highest BCUT2D eigenvalue weighted by atomic mass is 79.9. The molecule has 0 N–H and O–H groups in total. The van der Waals surface area contributed by atoms with E-state index in [2.05, 4.69) is 20.9 Å². The zero-order valence-electron chi connectivity index (χ0n) is 10.1. The molecular weight excluding hydrogens is 342 g/mol. The summed E-state index contributed by atoms with van der Waals surface area (Å²) in [5.74, 6) is -0.979. The molecule has 2 rings (SSSR count). The standard InChI is InChI=1S/C13H8BrF4NO/c1-7-4-9(14)12(10(15)5-7)20-8-2-3-19-11(6-8)13(16,17)18/h2-6H,1H3. The predicted molar refractivity (Wildman–Crippen MR) is 68.2 cm³/mol. The fourth-order valence-electron chi connectivity index (χ4n) is 1.53. The SMILES string of the molecule is Cc1cc(F)c(Oc2ccnc(C(F)(F)F)c2)c(Br)c1. The van der Waals surface area contributed by atoms with Gasteiger partial charge in [0.25, 0.3) is 0 Å². The van der Waals surface area contributed by atoms with Crippen molar-refractivity contribution >= 4 is 15.9 Å². The molecule has 0 saturated heterocycles. The minimum absolute atomic E-state index is 0.143. The molecule has 0 bridgehead atoms. The Morgan fingerprint density at radius 3 is 2.50 bits per heavy atom. The van der Waals surface area contributed by atoms with Gasteiger partial charge in [0.2, 0.25) is 0 Å². The Balaban J connectivity index is 2.36. The van der Waals surface area contributed by atoms with Crippen LogP contribution >= 0.6 is 15.9 Å². The number of benzene rings is 1. The van der Waals surface area contributed by atoms with Gasteiger partial charge < -0.3 is 4.74 Å². The van der Waals surface area contributed by atoms with E-state index in [1.165, 1.54) is 12.1 Å². The number of aryl methyl sites for hydroxylation is 1. The second-order valence-electron chi connectivity index (χ2n) is 4.03. The Kier molecular flexibility index (Phi) is 3.99. The van der Waals surface area contributed by atoms with E-state index in [1.807, 2.05) is 0 Å². The summed E-state index contributed by atoms with van der Waals surface area (Å²) in [5, 5.41) is 0. The van der Waals surface area contributed by atoms with Crippen LogP contribution in [0, 0.1) is 12.7 Å². The van der Waals surface area contributed by atoms with Crippen molar-refractivity contribution in [3.05, 3.63) is 52.0 Å². The monoisotopic (exact) mass is 349 g/mol. The average molecular weight is 350 g/mol. The zero-order chi connectivity index (χ0) is 14.9. The van der Waals surface area contributed by atoms with E-state index in [0.29, 0.717) is 16.1 Å². The van der Waals surface area contributed by atoms with Gasteiger partial charge in [0, 0.05) is 12.3 Å². The molecule has 0 saturated carbocycles. The first-order chi connectivity index (χ1) is 9.27. The Morgan fingerprint density at radius 1 is 1.20 bits per heavy atom. The quantitative estimate of drug-likeness (QED) is 0.703. The molecule has 2 aromatic rings. The van der Waals surface area contributed by atoms with E-state index in [-0.39, 0.29) is 11.5 Å². The maximum absolute atomic E-state index is 13.7. The fraction of sp³-hybridized carbons (Fsp3) is 0.154. The summed E-state index contributed by atoms with van der Waals surface area (Å²) >= 11 is 3.11. The van der Waals surface area contributed by atoms with Gasteiger partial charge in [-0.15, -0.1) is 0 Å². The molecule has 1 aromatic carbocycles. The number of aromatic nitrogens is 1. The first-order valence-corrected chi connectivity index (χ1v) is 6.23. The van der Waals surface area contributed by atoms with Crippen LogP contribution in [0.2, 0.25) is 0 Å². The third-order valence-corrected chi connectivity index (χ3v) is 2.97. The van der Waals surface area contributed by atoms with Crippen LogP contribution in [0.5, 0.6) is 11.5 Å². The number of halogens is 5. The van der Waals surface area contributed by atoms with E-state index in [9.17, 15) is 17.6 Å². The molecule has 2 nitrogen and oxygen atoms in total. The lowest BCUT2D eigenvalue weighted by Gasteiger charge is -2.11. The Morgan fingerprint density at radius 2 is 1.90 bits per heavy atom. The van der Waals surface area contributed by atoms with Crippen molar-refractivity contribution in [2.75, 3.05) is 0 Å². The highest BCUT2D eigenvalue weighted by Crippen LogP contribution is 2.35. The van der Waals surface area contributed by atoms with Crippen LogP contribution in [-0.2, 0) is 6.18 Å². The van der Waals surface area contributed by atoms with E-state index < -0.39 is 17.7 Å². The summed E-state index contributed by atoms with van der Waals surface area (Å²) in [6, 6.07) is 4.77. The summed E-state index contributed by atoms with van der Waals surface area (Å²) in [7, 11) is 0. The molecule has 0 aliphatic heterocycles. The lowest BCUT2D eigenvalue weighted by atomic mass is 10.2. The molecule has 1 aromatic heterocycles. The number of hydrogen-bond acceptors (Lipinski definition) is 2. The van der Waals surface area contributed by atoms with Crippen LogP contribution in [0.1, 0.15) is 11.3 Å². The first-order valence-electron chi connectivity index (χ1n) is 5.44. The van der Waals surface area contributed by atoms with E-state index >= 15 is 0 Å². The average Bonchev–Trinajstić information content (AvgIpc) is 2.33. The van der Waals surface area contributed by atoms with Crippen LogP contribution in [0.15, 0.2) is 34.9 Å². The molecule has 0 atom stereocenters. The van der Waals surface area contributed by atoms with Crippen LogP contribution in [-0.4, -0.2) is 4.98 Å². The smallest absolute Gasteiger partial charge is 0.433 e. The van der Waals surface area contributed by atoms with E-state index in [0.717, 1.165) is 6.20 Å². The lowest BCUT2D eigenvalue weighted by Crippen LogP contribution is -2.07. The summed E-state index contributed by atoms with van der Waals surface area (Å²) in [5.41, 5.74) is -0.439. The van der Waals surface area contributed by atoms with Gasteiger partial charge in [0.15, 0.2) is 11.6 Å². The Hall–Kier alpha value is -1.63. The Labute approximate surface area is 120 Å². The lowest BCUT2D eigenvalue weighted by molar-refractivity contribution is -0.141. The zero-order valence-corrected chi connectivity index (χ0v) is 11.7. The van der Waals surface area contributed by atoms with Gasteiger partial charge in [-0.2, -0.15) is 13.2 Å². The van der Waals surface area contributed by atoms with Crippen molar-refractivity contribution in [1.29, 1.82) is 0 Å². The van der Waals surface area contributed by atoms with Crippen LogP contribution in [0.3, 0.4) is 0 Å². The van der Waals surface area contributed by atoms with Crippen molar-refractivity contribution in [3.63, 3.8) is 0 Å². The summed E-state index contributed by atoms with van der Waals surface area (Å²) < 4.78 is 56.8. The molecule has 0 amide bonds.